The van der Waals surface area contributed by atoms with Crippen LogP contribution in [0.15, 0.2) is 84.9 Å². The molecule has 0 aliphatic carbocycles. The molecule has 0 saturated carbocycles. The van der Waals surface area contributed by atoms with Crippen LogP contribution in [0, 0.1) is 0 Å². The van der Waals surface area contributed by atoms with Gasteiger partial charge < -0.3 is 30.3 Å². The van der Waals surface area contributed by atoms with Gasteiger partial charge in [-0.2, -0.15) is 0 Å². The Balaban J connectivity index is 0.000000211. The van der Waals surface area contributed by atoms with Gasteiger partial charge in [0, 0.05) is 35.9 Å². The van der Waals surface area contributed by atoms with Crippen LogP contribution in [-0.2, 0) is 0 Å². The summed E-state index contributed by atoms with van der Waals surface area (Å²) in [4.78, 5) is 0. The highest BCUT2D eigenvalue weighted by Gasteiger charge is 2.09. The average molecular weight is 519 g/mol. The Hall–Kier alpha value is -3.16. The highest BCUT2D eigenvalue weighted by molar-refractivity contribution is 5.88. The van der Waals surface area contributed by atoms with Gasteiger partial charge in [0.15, 0.2) is 0 Å². The van der Waals surface area contributed by atoms with Crippen LogP contribution in [0.25, 0.3) is 21.5 Å². The first-order valence-corrected chi connectivity index (χ1v) is 13.4. The first-order chi connectivity index (χ1) is 18.3. The van der Waals surface area contributed by atoms with E-state index in [4.69, 9.17) is 9.47 Å². The molecule has 4 rings (SSSR count). The molecule has 0 bridgehead atoms. The Morgan fingerprint density at radius 2 is 0.921 bits per heavy atom. The van der Waals surface area contributed by atoms with Gasteiger partial charge in [-0.25, -0.2) is 0 Å². The Kier molecular flexibility index (Phi) is 11.8. The highest BCUT2D eigenvalue weighted by Crippen LogP contribution is 2.26. The molecule has 0 aliphatic heterocycles. The van der Waals surface area contributed by atoms with Gasteiger partial charge in [0.2, 0.25) is 0 Å². The van der Waals surface area contributed by atoms with Crippen molar-refractivity contribution in [2.75, 3.05) is 26.3 Å². The minimum atomic E-state index is -0.499. The van der Waals surface area contributed by atoms with E-state index in [1.807, 2.05) is 60.7 Å². The molecule has 4 N–H and O–H groups in total. The molecule has 0 heterocycles. The standard InChI is InChI=1S/2C16H21NO2/c2*1-12(2)17-10-14(18)11-19-16-9-5-7-13-6-3-4-8-15(13)16/h2*3-9,12,14,17-18H,10-11H2,1-2H3. The van der Waals surface area contributed by atoms with Gasteiger partial charge >= 0.3 is 0 Å². The van der Waals surface area contributed by atoms with Gasteiger partial charge in [-0.05, 0) is 22.9 Å². The molecule has 0 amide bonds. The summed E-state index contributed by atoms with van der Waals surface area (Å²) in [7, 11) is 0. The lowest BCUT2D eigenvalue weighted by atomic mass is 10.1. The van der Waals surface area contributed by atoms with E-state index in [-0.39, 0.29) is 0 Å². The number of aliphatic hydroxyl groups excluding tert-OH is 2. The molecule has 0 radical (unpaired) electrons. The van der Waals surface area contributed by atoms with E-state index in [2.05, 4.69) is 62.6 Å². The Labute approximate surface area is 226 Å². The second kappa shape index (κ2) is 15.3. The number of aliphatic hydroxyl groups is 2. The third-order valence-electron chi connectivity index (χ3n) is 5.89. The van der Waals surface area contributed by atoms with Crippen molar-refractivity contribution in [1.29, 1.82) is 0 Å². The van der Waals surface area contributed by atoms with Crippen LogP contribution >= 0.6 is 0 Å². The molecular formula is C32H42N2O4. The van der Waals surface area contributed by atoms with Crippen LogP contribution < -0.4 is 20.1 Å². The number of rotatable bonds is 12. The predicted octanol–water partition coefficient (Wildman–Crippen LogP) is 5.16. The lowest BCUT2D eigenvalue weighted by Gasteiger charge is -2.15. The molecule has 4 aromatic carbocycles. The molecule has 2 atom stereocenters. The zero-order chi connectivity index (χ0) is 27.3. The van der Waals surface area contributed by atoms with E-state index in [1.165, 1.54) is 0 Å². The van der Waals surface area contributed by atoms with Crippen LogP contribution in [0.5, 0.6) is 11.5 Å². The monoisotopic (exact) mass is 518 g/mol. The van der Waals surface area contributed by atoms with Crippen molar-refractivity contribution in [3.05, 3.63) is 84.9 Å². The van der Waals surface area contributed by atoms with Crippen molar-refractivity contribution in [3.8, 4) is 11.5 Å². The molecular weight excluding hydrogens is 476 g/mol. The maximum Gasteiger partial charge on any atom is 0.127 e. The summed E-state index contributed by atoms with van der Waals surface area (Å²) in [5.74, 6) is 1.64. The zero-order valence-electron chi connectivity index (χ0n) is 22.9. The highest BCUT2D eigenvalue weighted by atomic mass is 16.5. The van der Waals surface area contributed by atoms with Crippen LogP contribution in [-0.4, -0.2) is 60.8 Å². The number of fused-ring (bicyclic) bond motifs is 2. The largest absolute Gasteiger partial charge is 0.490 e. The fraction of sp³-hybridized carbons (Fsp3) is 0.375. The Morgan fingerprint density at radius 1 is 0.553 bits per heavy atom. The van der Waals surface area contributed by atoms with Crippen LogP contribution in [0.3, 0.4) is 0 Å². The molecule has 0 spiro atoms. The summed E-state index contributed by atoms with van der Waals surface area (Å²) in [5.41, 5.74) is 0. The molecule has 2 unspecified atom stereocenters. The normalized spacial score (nSPS) is 12.8. The molecule has 204 valence electrons. The van der Waals surface area contributed by atoms with Crippen molar-refractivity contribution in [2.45, 2.75) is 52.0 Å². The van der Waals surface area contributed by atoms with Crippen molar-refractivity contribution in [2.24, 2.45) is 0 Å². The number of ether oxygens (including phenoxy) is 2. The van der Waals surface area contributed by atoms with E-state index in [0.29, 0.717) is 38.4 Å². The van der Waals surface area contributed by atoms with Crippen LogP contribution in [0.2, 0.25) is 0 Å². The molecule has 0 fully saturated rings. The fourth-order valence-electron chi connectivity index (χ4n) is 3.88. The van der Waals surface area contributed by atoms with E-state index in [1.54, 1.807) is 0 Å². The summed E-state index contributed by atoms with van der Waals surface area (Å²) in [5, 5.41) is 30.5. The van der Waals surface area contributed by atoms with E-state index >= 15 is 0 Å². The van der Waals surface area contributed by atoms with E-state index < -0.39 is 12.2 Å². The van der Waals surface area contributed by atoms with Crippen molar-refractivity contribution in [1.82, 2.24) is 10.6 Å². The molecule has 0 aliphatic rings. The summed E-state index contributed by atoms with van der Waals surface area (Å²) >= 11 is 0. The summed E-state index contributed by atoms with van der Waals surface area (Å²) in [6, 6.07) is 28.8. The molecule has 0 aromatic heterocycles. The molecule has 6 nitrogen and oxygen atoms in total. The Morgan fingerprint density at radius 3 is 1.32 bits per heavy atom. The van der Waals surface area contributed by atoms with Gasteiger partial charge in [0.05, 0.1) is 0 Å². The van der Waals surface area contributed by atoms with Gasteiger partial charge in [-0.15, -0.1) is 0 Å². The maximum absolute atomic E-state index is 9.84. The second-order valence-corrected chi connectivity index (χ2v) is 10.0. The van der Waals surface area contributed by atoms with Crippen molar-refractivity contribution in [3.63, 3.8) is 0 Å². The number of hydrogen-bond donors (Lipinski definition) is 4. The Bertz CT molecular complexity index is 1140. The first-order valence-electron chi connectivity index (χ1n) is 13.4. The quantitative estimate of drug-likeness (QED) is 0.208. The second-order valence-electron chi connectivity index (χ2n) is 10.0. The van der Waals surface area contributed by atoms with Crippen molar-refractivity contribution < 1.29 is 19.7 Å². The summed E-state index contributed by atoms with van der Waals surface area (Å²) in [6.07, 6.45) is -0.997. The molecule has 4 aromatic rings. The molecule has 38 heavy (non-hydrogen) atoms. The SMILES string of the molecule is CC(C)NCC(O)COc1cccc2ccccc12.CC(C)NCC(O)COc1cccc2ccccc12. The average Bonchev–Trinajstić information content (AvgIpc) is 2.93. The minimum absolute atomic E-state index is 0.299. The third-order valence-corrected chi connectivity index (χ3v) is 5.89. The number of hydrogen-bond acceptors (Lipinski definition) is 6. The molecule has 0 saturated heterocycles. The van der Waals surface area contributed by atoms with Gasteiger partial charge in [0.25, 0.3) is 0 Å². The number of benzene rings is 4. The van der Waals surface area contributed by atoms with E-state index in [9.17, 15) is 10.2 Å². The summed E-state index contributed by atoms with van der Waals surface area (Å²) < 4.78 is 11.4. The lowest BCUT2D eigenvalue weighted by molar-refractivity contribution is 0.105. The zero-order valence-corrected chi connectivity index (χ0v) is 22.9. The predicted molar refractivity (Wildman–Crippen MR) is 157 cm³/mol. The van der Waals surface area contributed by atoms with Gasteiger partial charge in [0.1, 0.15) is 36.9 Å². The summed E-state index contributed by atoms with van der Waals surface area (Å²) in [6.45, 7) is 9.90. The molecule has 6 heteroatoms. The lowest BCUT2D eigenvalue weighted by Crippen LogP contribution is -2.35. The van der Waals surface area contributed by atoms with E-state index in [0.717, 1.165) is 33.0 Å². The van der Waals surface area contributed by atoms with Crippen LogP contribution in [0.4, 0.5) is 0 Å². The maximum atomic E-state index is 9.84. The van der Waals surface area contributed by atoms with Gasteiger partial charge in [-0.1, -0.05) is 100 Å². The topological polar surface area (TPSA) is 83.0 Å². The minimum Gasteiger partial charge on any atom is -0.490 e. The van der Waals surface area contributed by atoms with Gasteiger partial charge in [-0.3, -0.25) is 0 Å². The third kappa shape index (κ3) is 9.62. The van der Waals surface area contributed by atoms with Crippen LogP contribution in [0.1, 0.15) is 27.7 Å². The number of nitrogens with one attached hydrogen (secondary N) is 2. The van der Waals surface area contributed by atoms with Crippen molar-refractivity contribution >= 4 is 21.5 Å². The smallest absolute Gasteiger partial charge is 0.127 e. The fourth-order valence-corrected chi connectivity index (χ4v) is 3.88. The first kappa shape index (κ1) is 29.4.